The Balaban J connectivity index is 1.74. The number of carbonyl (C=O) groups excluding carboxylic acids is 1. The molecule has 2 aromatic carbocycles. The van der Waals surface area contributed by atoms with E-state index >= 15 is 0 Å². The number of amides is 1. The van der Waals surface area contributed by atoms with E-state index in [0.29, 0.717) is 6.42 Å². The Morgan fingerprint density at radius 1 is 1.14 bits per heavy atom. The van der Waals surface area contributed by atoms with Gasteiger partial charge in [0.15, 0.2) is 11.6 Å². The summed E-state index contributed by atoms with van der Waals surface area (Å²) >= 11 is 0. The van der Waals surface area contributed by atoms with Gasteiger partial charge in [0.2, 0.25) is 15.9 Å². The number of hydrogen-bond acceptors (Lipinski definition) is 4. The topological polar surface area (TPSA) is 75.7 Å². The van der Waals surface area contributed by atoms with Crippen LogP contribution in [0.4, 0.5) is 8.78 Å². The van der Waals surface area contributed by atoms with Crippen molar-refractivity contribution in [3.63, 3.8) is 0 Å². The molecule has 0 aliphatic rings. The fourth-order valence-corrected chi connectivity index (χ4v) is 3.74. The second-order valence-corrected chi connectivity index (χ2v) is 8.64. The minimum absolute atomic E-state index is 0.00948. The van der Waals surface area contributed by atoms with Gasteiger partial charge in [-0.1, -0.05) is 12.1 Å². The predicted molar refractivity (Wildman–Crippen MR) is 105 cm³/mol. The zero-order valence-corrected chi connectivity index (χ0v) is 17.1. The molecule has 1 N–H and O–H groups in total. The Labute approximate surface area is 169 Å². The highest BCUT2D eigenvalue weighted by Crippen LogP contribution is 2.16. The van der Waals surface area contributed by atoms with Gasteiger partial charge < -0.3 is 10.1 Å². The van der Waals surface area contributed by atoms with E-state index in [1.807, 2.05) is 0 Å². The highest BCUT2D eigenvalue weighted by molar-refractivity contribution is 7.89. The fraction of sp³-hybridized carbons (Fsp3) is 0.350. The zero-order valence-electron chi connectivity index (χ0n) is 16.3. The lowest BCUT2D eigenvalue weighted by Crippen LogP contribution is -2.37. The monoisotopic (exact) mass is 426 g/mol. The Hall–Kier alpha value is -2.52. The molecule has 0 bridgehead atoms. The first-order valence-electron chi connectivity index (χ1n) is 9.08. The molecule has 0 heterocycles. The van der Waals surface area contributed by atoms with E-state index < -0.39 is 21.7 Å². The van der Waals surface area contributed by atoms with Crippen LogP contribution in [-0.2, 0) is 14.8 Å². The molecular formula is C20H24F2N2O4S. The highest BCUT2D eigenvalue weighted by Gasteiger charge is 2.20. The van der Waals surface area contributed by atoms with E-state index in [2.05, 4.69) is 5.32 Å². The average molecular weight is 426 g/mol. The normalized spacial score (nSPS) is 12.6. The molecule has 0 fully saturated rings. The van der Waals surface area contributed by atoms with Gasteiger partial charge in [0.25, 0.3) is 0 Å². The number of sulfonamides is 1. The van der Waals surface area contributed by atoms with Gasteiger partial charge in [-0.05, 0) is 49.7 Å². The van der Waals surface area contributed by atoms with E-state index in [1.54, 1.807) is 19.1 Å². The lowest BCUT2D eigenvalue weighted by Gasteiger charge is -2.18. The lowest BCUT2D eigenvalue weighted by molar-refractivity contribution is -0.122. The molecule has 1 atom stereocenters. The maximum Gasteiger partial charge on any atom is 0.242 e. The molecule has 1 amide bonds. The fourth-order valence-electron chi connectivity index (χ4n) is 2.53. The summed E-state index contributed by atoms with van der Waals surface area (Å²) in [5.41, 5.74) is 0. The minimum Gasteiger partial charge on any atom is -0.488 e. The molecule has 0 aromatic heterocycles. The van der Waals surface area contributed by atoms with Crippen molar-refractivity contribution in [3.8, 4) is 5.75 Å². The third-order valence-corrected chi connectivity index (χ3v) is 6.00. The molecule has 0 spiro atoms. The van der Waals surface area contributed by atoms with Crippen LogP contribution in [-0.4, -0.2) is 44.9 Å². The van der Waals surface area contributed by atoms with Crippen LogP contribution in [0.25, 0.3) is 0 Å². The Bertz CT molecular complexity index is 920. The second-order valence-electron chi connectivity index (χ2n) is 6.59. The van der Waals surface area contributed by atoms with Crippen LogP contribution < -0.4 is 10.1 Å². The average Bonchev–Trinajstić information content (AvgIpc) is 2.67. The number of hydrogen-bond donors (Lipinski definition) is 1. The predicted octanol–water partition coefficient (Wildman–Crippen LogP) is 2.95. The van der Waals surface area contributed by atoms with Crippen LogP contribution in [0, 0.1) is 11.6 Å². The smallest absolute Gasteiger partial charge is 0.242 e. The van der Waals surface area contributed by atoms with Gasteiger partial charge in [-0.25, -0.2) is 21.5 Å². The second kappa shape index (κ2) is 10.3. The minimum atomic E-state index is -3.74. The first-order chi connectivity index (χ1) is 13.7. The number of halogens is 2. The van der Waals surface area contributed by atoms with Crippen molar-refractivity contribution < 1.29 is 26.7 Å². The molecular weight excluding hydrogens is 402 g/mol. The number of rotatable bonds is 10. The quantitative estimate of drug-likeness (QED) is 0.634. The SMILES string of the molecule is CC(COc1ccccc1F)NC(=O)CCCN(C)S(=O)(=O)c1ccc(F)cc1. The maximum atomic E-state index is 13.5. The summed E-state index contributed by atoms with van der Waals surface area (Å²) < 4.78 is 57.7. The largest absolute Gasteiger partial charge is 0.488 e. The van der Waals surface area contributed by atoms with Crippen LogP contribution in [0.1, 0.15) is 19.8 Å². The molecule has 0 aliphatic carbocycles. The Morgan fingerprint density at radius 2 is 1.79 bits per heavy atom. The van der Waals surface area contributed by atoms with Crippen LogP contribution in [0.3, 0.4) is 0 Å². The summed E-state index contributed by atoms with van der Waals surface area (Å²) in [4.78, 5) is 12.0. The van der Waals surface area contributed by atoms with E-state index in [0.717, 1.165) is 16.4 Å². The molecule has 0 saturated carbocycles. The molecule has 158 valence electrons. The van der Waals surface area contributed by atoms with Crippen molar-refractivity contribution in [1.29, 1.82) is 0 Å². The van der Waals surface area contributed by atoms with Gasteiger partial charge in [-0.15, -0.1) is 0 Å². The summed E-state index contributed by atoms with van der Waals surface area (Å²) in [6.45, 7) is 1.96. The molecule has 6 nitrogen and oxygen atoms in total. The van der Waals surface area contributed by atoms with Crippen LogP contribution in [0.2, 0.25) is 0 Å². The highest BCUT2D eigenvalue weighted by atomic mass is 32.2. The molecule has 9 heteroatoms. The van der Waals surface area contributed by atoms with Gasteiger partial charge in [-0.2, -0.15) is 0 Å². The molecule has 0 radical (unpaired) electrons. The molecule has 29 heavy (non-hydrogen) atoms. The first kappa shape index (κ1) is 22.8. The number of nitrogens with zero attached hydrogens (tertiary/aromatic N) is 1. The van der Waals surface area contributed by atoms with Gasteiger partial charge in [-0.3, -0.25) is 4.79 Å². The van der Waals surface area contributed by atoms with E-state index in [9.17, 15) is 22.0 Å². The Morgan fingerprint density at radius 3 is 2.45 bits per heavy atom. The van der Waals surface area contributed by atoms with Crippen molar-refractivity contribution in [1.82, 2.24) is 9.62 Å². The zero-order chi connectivity index (χ0) is 21.4. The summed E-state index contributed by atoms with van der Waals surface area (Å²) in [6, 6.07) is 10.2. The molecule has 0 aliphatic heterocycles. The number of benzene rings is 2. The number of para-hydroxylation sites is 1. The van der Waals surface area contributed by atoms with Gasteiger partial charge in [0.1, 0.15) is 12.4 Å². The van der Waals surface area contributed by atoms with Gasteiger partial charge in [0.05, 0.1) is 10.9 Å². The van der Waals surface area contributed by atoms with Gasteiger partial charge >= 0.3 is 0 Å². The number of ether oxygens (including phenoxy) is 1. The molecule has 2 rings (SSSR count). The van der Waals surface area contributed by atoms with E-state index in [4.69, 9.17) is 4.74 Å². The van der Waals surface area contributed by atoms with Crippen molar-refractivity contribution >= 4 is 15.9 Å². The van der Waals surface area contributed by atoms with Crippen molar-refractivity contribution in [3.05, 3.63) is 60.2 Å². The number of nitrogens with one attached hydrogen (secondary N) is 1. The summed E-state index contributed by atoms with van der Waals surface area (Å²) in [6.07, 6.45) is 0.428. The van der Waals surface area contributed by atoms with Crippen molar-refractivity contribution in [2.45, 2.75) is 30.7 Å². The van der Waals surface area contributed by atoms with Crippen LogP contribution >= 0.6 is 0 Å². The number of carbonyl (C=O) groups is 1. The van der Waals surface area contributed by atoms with Gasteiger partial charge in [0, 0.05) is 20.0 Å². The van der Waals surface area contributed by atoms with Crippen molar-refractivity contribution in [2.24, 2.45) is 0 Å². The molecule has 0 saturated heterocycles. The third-order valence-electron chi connectivity index (χ3n) is 4.13. The summed E-state index contributed by atoms with van der Waals surface area (Å²) in [5, 5.41) is 2.72. The van der Waals surface area contributed by atoms with E-state index in [-0.39, 0.29) is 42.2 Å². The van der Waals surface area contributed by atoms with E-state index in [1.165, 1.54) is 31.3 Å². The van der Waals surface area contributed by atoms with Crippen LogP contribution in [0.5, 0.6) is 5.75 Å². The standard InChI is InChI=1S/C20H24F2N2O4S/c1-15(14-28-19-7-4-3-6-18(19)22)23-20(25)8-5-13-24(2)29(26,27)17-11-9-16(21)10-12-17/h3-4,6-7,9-12,15H,5,8,13-14H2,1-2H3,(H,23,25). The maximum absolute atomic E-state index is 13.5. The third kappa shape index (κ3) is 6.79. The first-order valence-corrected chi connectivity index (χ1v) is 10.5. The lowest BCUT2D eigenvalue weighted by atomic mass is 10.2. The summed E-state index contributed by atoms with van der Waals surface area (Å²) in [5.74, 6) is -1.14. The molecule has 1 unspecified atom stereocenters. The van der Waals surface area contributed by atoms with Crippen LogP contribution in [0.15, 0.2) is 53.4 Å². The van der Waals surface area contributed by atoms with Crippen molar-refractivity contribution in [2.75, 3.05) is 20.2 Å². The summed E-state index contributed by atoms with van der Waals surface area (Å²) in [7, 11) is -2.34. The molecule has 2 aromatic rings. The Kier molecular flexibility index (Phi) is 8.10.